The van der Waals surface area contributed by atoms with Gasteiger partial charge in [-0.15, -0.1) is 0 Å². The Balaban J connectivity index is 1.55. The predicted octanol–water partition coefficient (Wildman–Crippen LogP) is 1.77. The van der Waals surface area contributed by atoms with E-state index in [1.807, 2.05) is 4.98 Å². The van der Waals surface area contributed by atoms with Crippen LogP contribution in [0, 0.1) is 5.82 Å². The Bertz CT molecular complexity index is 757. The molecular formula is C16H26FN2O7P. The van der Waals surface area contributed by atoms with E-state index in [-0.39, 0.29) is 13.0 Å². The zero-order valence-electron chi connectivity index (χ0n) is 15.2. The van der Waals surface area contributed by atoms with Gasteiger partial charge in [0, 0.05) is 0 Å². The maximum absolute atomic E-state index is 13.5. The number of H-pyrrole nitrogens is 1. The van der Waals surface area contributed by atoms with Crippen LogP contribution in [0.5, 0.6) is 0 Å². The topological polar surface area (TPSA) is 112 Å². The van der Waals surface area contributed by atoms with Crippen molar-refractivity contribution < 1.29 is 27.6 Å². The number of nitrogens with zero attached hydrogens (tertiary/aromatic N) is 1. The SMILES string of the molecule is CCCCCCCO[PH]1(O)OC[C@H]2O[C@@H](n3cc(F)c(=O)[nH]c3=O)C[C@@H]2O1. The Morgan fingerprint density at radius 2 is 2.11 bits per heavy atom. The molecule has 2 saturated heterocycles. The summed E-state index contributed by atoms with van der Waals surface area (Å²) in [6, 6.07) is 0. The fraction of sp³-hybridized carbons (Fsp3) is 0.750. The van der Waals surface area contributed by atoms with Crippen molar-refractivity contribution in [2.45, 2.75) is 63.9 Å². The molecule has 1 aromatic heterocycles. The van der Waals surface area contributed by atoms with Gasteiger partial charge in [0.25, 0.3) is 0 Å². The van der Waals surface area contributed by atoms with Gasteiger partial charge in [-0.05, 0) is 0 Å². The summed E-state index contributed by atoms with van der Waals surface area (Å²) in [5, 5.41) is 0. The van der Waals surface area contributed by atoms with Crippen LogP contribution in [0.2, 0.25) is 0 Å². The number of fused-ring (bicyclic) bond motifs is 1. The number of hydrogen-bond acceptors (Lipinski definition) is 7. The molecule has 0 spiro atoms. The standard InChI is InChI=1S/C16H26FN2O7P/c1-2-3-4-5-6-7-23-27(22)24-10-13-12(26-27)8-14(25-13)19-9-11(17)15(20)18-16(19)21/h9,12-14,22,27H,2-8,10H2,1H3,(H,18,20,21)/t12-,13+,14+/m0/s1. The Labute approximate surface area is 156 Å². The second-order valence-corrected chi connectivity index (χ2v) is 8.62. The van der Waals surface area contributed by atoms with Crippen LogP contribution >= 0.6 is 8.17 Å². The fourth-order valence-electron chi connectivity index (χ4n) is 3.22. The average Bonchev–Trinajstić information content (AvgIpc) is 3.03. The Kier molecular flexibility index (Phi) is 6.78. The van der Waals surface area contributed by atoms with E-state index in [1.54, 1.807) is 0 Å². The Morgan fingerprint density at radius 1 is 1.33 bits per heavy atom. The van der Waals surface area contributed by atoms with Gasteiger partial charge < -0.3 is 0 Å². The molecule has 11 heteroatoms. The van der Waals surface area contributed by atoms with E-state index in [9.17, 15) is 18.9 Å². The van der Waals surface area contributed by atoms with E-state index in [2.05, 4.69) is 6.92 Å². The van der Waals surface area contributed by atoms with Crippen LogP contribution in [0.25, 0.3) is 0 Å². The molecule has 2 N–H and O–H groups in total. The zero-order valence-corrected chi connectivity index (χ0v) is 16.2. The van der Waals surface area contributed by atoms with Gasteiger partial charge in [0.2, 0.25) is 0 Å². The summed E-state index contributed by atoms with van der Waals surface area (Å²) in [5.74, 6) is -1.08. The third-order valence-corrected chi connectivity index (χ3v) is 6.38. The van der Waals surface area contributed by atoms with Crippen LogP contribution < -0.4 is 11.2 Å². The van der Waals surface area contributed by atoms with Gasteiger partial charge in [0.1, 0.15) is 0 Å². The first-order valence-electron chi connectivity index (χ1n) is 9.26. The molecule has 9 nitrogen and oxygen atoms in total. The summed E-state index contributed by atoms with van der Waals surface area (Å²) in [7, 11) is -3.75. The molecule has 27 heavy (non-hydrogen) atoms. The van der Waals surface area contributed by atoms with E-state index in [1.165, 1.54) is 6.42 Å². The summed E-state index contributed by atoms with van der Waals surface area (Å²) in [5.41, 5.74) is -1.86. The van der Waals surface area contributed by atoms with Crippen molar-refractivity contribution in [3.05, 3.63) is 32.9 Å². The maximum atomic E-state index is 13.5. The summed E-state index contributed by atoms with van der Waals surface area (Å²) >= 11 is 0. The third kappa shape index (κ3) is 5.01. The van der Waals surface area contributed by atoms with Crippen LogP contribution in [-0.2, 0) is 18.3 Å². The van der Waals surface area contributed by atoms with Crippen molar-refractivity contribution in [3.63, 3.8) is 0 Å². The third-order valence-electron chi connectivity index (χ3n) is 4.68. The summed E-state index contributed by atoms with van der Waals surface area (Å²) in [4.78, 5) is 35.4. The van der Waals surface area contributed by atoms with E-state index < -0.39 is 43.7 Å². The molecule has 2 fully saturated rings. The van der Waals surface area contributed by atoms with E-state index >= 15 is 0 Å². The molecule has 0 saturated carbocycles. The van der Waals surface area contributed by atoms with Gasteiger partial charge >= 0.3 is 155 Å². The number of halogens is 1. The van der Waals surface area contributed by atoms with Gasteiger partial charge in [0.15, 0.2) is 0 Å². The number of aromatic amines is 1. The van der Waals surface area contributed by atoms with E-state index in [0.29, 0.717) is 6.61 Å². The van der Waals surface area contributed by atoms with Crippen molar-refractivity contribution in [3.8, 4) is 0 Å². The average molecular weight is 408 g/mol. The predicted molar refractivity (Wildman–Crippen MR) is 95.9 cm³/mol. The summed E-state index contributed by atoms with van der Waals surface area (Å²) in [6.07, 6.45) is 4.38. The van der Waals surface area contributed by atoms with Crippen LogP contribution in [0.1, 0.15) is 51.7 Å². The molecule has 1 aromatic rings. The van der Waals surface area contributed by atoms with E-state index in [4.69, 9.17) is 18.3 Å². The number of hydrogen-bond donors (Lipinski definition) is 2. The fourth-order valence-corrected chi connectivity index (χ4v) is 4.84. The minimum atomic E-state index is -3.75. The molecule has 0 aliphatic carbocycles. The van der Waals surface area contributed by atoms with Crippen LogP contribution in [0.4, 0.5) is 4.39 Å². The van der Waals surface area contributed by atoms with E-state index in [0.717, 1.165) is 36.4 Å². The quantitative estimate of drug-likeness (QED) is 0.498. The van der Waals surface area contributed by atoms with Crippen molar-refractivity contribution in [1.82, 2.24) is 9.55 Å². The summed E-state index contributed by atoms with van der Waals surface area (Å²) in [6.45, 7) is 2.54. The van der Waals surface area contributed by atoms with Crippen LogP contribution in [0.15, 0.2) is 15.8 Å². The van der Waals surface area contributed by atoms with Gasteiger partial charge in [-0.3, -0.25) is 0 Å². The Hall–Kier alpha value is -1.16. The molecule has 0 aromatic carbocycles. The summed E-state index contributed by atoms with van der Waals surface area (Å²) < 4.78 is 36.6. The molecule has 3 rings (SSSR count). The van der Waals surface area contributed by atoms with Gasteiger partial charge in [0.05, 0.1) is 0 Å². The van der Waals surface area contributed by atoms with Gasteiger partial charge in [-0.2, -0.15) is 0 Å². The molecule has 2 aliphatic heterocycles. The molecule has 0 bridgehead atoms. The van der Waals surface area contributed by atoms with Crippen molar-refractivity contribution >= 4 is 8.17 Å². The molecule has 2 aliphatic rings. The number of nitrogens with one attached hydrogen (secondary N) is 1. The Morgan fingerprint density at radius 3 is 2.89 bits per heavy atom. The van der Waals surface area contributed by atoms with Gasteiger partial charge in [-0.1, -0.05) is 0 Å². The molecule has 0 radical (unpaired) electrons. The van der Waals surface area contributed by atoms with Crippen molar-refractivity contribution in [2.75, 3.05) is 13.2 Å². The minimum absolute atomic E-state index is 0.0559. The monoisotopic (exact) mass is 408 g/mol. The van der Waals surface area contributed by atoms with Crippen LogP contribution in [-0.4, -0.2) is 39.9 Å². The number of unbranched alkanes of at least 4 members (excludes halogenated alkanes) is 4. The first kappa shape index (κ1) is 20.6. The molecule has 154 valence electrons. The number of aromatic nitrogens is 2. The number of rotatable bonds is 8. The zero-order chi connectivity index (χ0) is 19.4. The molecule has 0 unspecified atom stereocenters. The first-order valence-corrected chi connectivity index (χ1v) is 10.9. The van der Waals surface area contributed by atoms with Crippen molar-refractivity contribution in [2.24, 2.45) is 0 Å². The second-order valence-electron chi connectivity index (χ2n) is 6.76. The normalized spacial score (nSPS) is 28.0. The number of ether oxygens (including phenoxy) is 1. The molecule has 0 amide bonds. The first-order chi connectivity index (χ1) is 12.9. The molecule has 3 atom stereocenters. The molecule has 3 heterocycles. The van der Waals surface area contributed by atoms with Crippen LogP contribution in [0.3, 0.4) is 0 Å². The second kappa shape index (κ2) is 8.89. The van der Waals surface area contributed by atoms with Crippen molar-refractivity contribution in [1.29, 1.82) is 0 Å². The molecular weight excluding hydrogens is 382 g/mol. The van der Waals surface area contributed by atoms with Gasteiger partial charge in [-0.25, -0.2) is 0 Å².